The fourth-order valence-corrected chi connectivity index (χ4v) is 4.37. The maximum Gasteiger partial charge on any atom is 0.230 e. The molecular formula is C23H25FN4O4S. The van der Waals surface area contributed by atoms with E-state index in [9.17, 15) is 12.8 Å². The average molecular weight is 473 g/mol. The lowest BCUT2D eigenvalue weighted by Crippen LogP contribution is -2.21. The van der Waals surface area contributed by atoms with Crippen molar-refractivity contribution in [1.82, 2.24) is 15.0 Å². The van der Waals surface area contributed by atoms with Crippen LogP contribution < -0.4 is 10.1 Å². The molecule has 1 aliphatic heterocycles. The van der Waals surface area contributed by atoms with Crippen molar-refractivity contribution in [2.45, 2.75) is 18.6 Å². The first kappa shape index (κ1) is 23.1. The topological polar surface area (TPSA) is 103 Å². The van der Waals surface area contributed by atoms with Gasteiger partial charge in [0.05, 0.1) is 17.9 Å². The first-order chi connectivity index (χ1) is 15.9. The van der Waals surface area contributed by atoms with E-state index < -0.39 is 15.7 Å². The van der Waals surface area contributed by atoms with Crippen molar-refractivity contribution >= 4 is 21.5 Å². The number of hydrogen-bond donors (Lipinski definition) is 1. The SMILES string of the molecule is CS(=O)(=O)Cc1cccc(Nc2ncnc(-c3cc(F)ccc3OCC3CCOCC3)n2)c1. The number of nitrogens with zero attached hydrogens (tertiary/aromatic N) is 3. The second-order valence-electron chi connectivity index (χ2n) is 8.04. The van der Waals surface area contributed by atoms with Crippen LogP contribution in [-0.2, 0) is 20.3 Å². The van der Waals surface area contributed by atoms with Crippen LogP contribution in [0.4, 0.5) is 16.0 Å². The second-order valence-corrected chi connectivity index (χ2v) is 10.2. The summed E-state index contributed by atoms with van der Waals surface area (Å²) in [6, 6.07) is 11.2. The second kappa shape index (κ2) is 10.2. The molecule has 0 bridgehead atoms. The molecule has 10 heteroatoms. The first-order valence-electron chi connectivity index (χ1n) is 10.6. The number of halogens is 1. The lowest BCUT2D eigenvalue weighted by atomic mass is 10.0. The zero-order chi connectivity index (χ0) is 23.3. The van der Waals surface area contributed by atoms with E-state index in [1.165, 1.54) is 24.7 Å². The van der Waals surface area contributed by atoms with Gasteiger partial charge in [-0.25, -0.2) is 22.8 Å². The van der Waals surface area contributed by atoms with E-state index in [0.29, 0.717) is 35.1 Å². The molecule has 3 aromatic rings. The summed E-state index contributed by atoms with van der Waals surface area (Å²) < 4.78 is 48.6. The minimum atomic E-state index is -3.16. The van der Waals surface area contributed by atoms with Gasteiger partial charge in [0, 0.05) is 25.2 Å². The average Bonchev–Trinajstić information content (AvgIpc) is 2.78. The molecule has 33 heavy (non-hydrogen) atoms. The molecule has 2 aromatic carbocycles. The fourth-order valence-electron chi connectivity index (χ4n) is 3.58. The molecule has 1 aliphatic rings. The summed E-state index contributed by atoms with van der Waals surface area (Å²) in [6.07, 6.45) is 4.37. The van der Waals surface area contributed by atoms with E-state index in [0.717, 1.165) is 26.1 Å². The predicted molar refractivity (Wildman–Crippen MR) is 123 cm³/mol. The first-order valence-corrected chi connectivity index (χ1v) is 12.6. The van der Waals surface area contributed by atoms with E-state index >= 15 is 0 Å². The van der Waals surface area contributed by atoms with Crippen LogP contribution in [0, 0.1) is 11.7 Å². The van der Waals surface area contributed by atoms with E-state index in [-0.39, 0.29) is 17.5 Å². The third-order valence-corrected chi connectivity index (χ3v) is 6.04. The van der Waals surface area contributed by atoms with E-state index in [2.05, 4.69) is 20.3 Å². The molecule has 1 aromatic heterocycles. The molecule has 0 spiro atoms. The Labute approximate surface area is 192 Å². The van der Waals surface area contributed by atoms with Crippen LogP contribution >= 0.6 is 0 Å². The Kier molecular flexibility index (Phi) is 7.14. The molecule has 4 rings (SSSR count). The van der Waals surface area contributed by atoms with Crippen molar-refractivity contribution in [3.63, 3.8) is 0 Å². The Morgan fingerprint density at radius 2 is 1.97 bits per heavy atom. The molecule has 1 N–H and O–H groups in total. The number of ether oxygens (including phenoxy) is 2. The van der Waals surface area contributed by atoms with Crippen LogP contribution in [0.15, 0.2) is 48.8 Å². The highest BCUT2D eigenvalue weighted by Crippen LogP contribution is 2.30. The van der Waals surface area contributed by atoms with Gasteiger partial charge >= 0.3 is 0 Å². The standard InChI is InChI=1S/C23H25FN4O4S/c1-33(29,30)14-17-3-2-4-19(11-17)27-23-26-15-25-22(28-23)20-12-18(24)5-6-21(20)32-13-16-7-9-31-10-8-16/h2-6,11-12,15-16H,7-10,13-14H2,1H3,(H,25,26,27,28). The number of anilines is 2. The molecule has 0 atom stereocenters. The van der Waals surface area contributed by atoms with Crippen molar-refractivity contribution in [2.75, 3.05) is 31.4 Å². The highest BCUT2D eigenvalue weighted by molar-refractivity contribution is 7.89. The molecule has 0 radical (unpaired) electrons. The maximum atomic E-state index is 14.0. The van der Waals surface area contributed by atoms with Crippen LogP contribution in [0.5, 0.6) is 5.75 Å². The van der Waals surface area contributed by atoms with Gasteiger partial charge in [-0.1, -0.05) is 12.1 Å². The van der Waals surface area contributed by atoms with E-state index in [1.54, 1.807) is 30.3 Å². The molecular weight excluding hydrogens is 447 g/mol. The third kappa shape index (κ3) is 6.69. The van der Waals surface area contributed by atoms with Crippen LogP contribution in [0.1, 0.15) is 18.4 Å². The van der Waals surface area contributed by atoms with E-state index in [1.807, 2.05) is 0 Å². The largest absolute Gasteiger partial charge is 0.493 e. The van der Waals surface area contributed by atoms with Crippen molar-refractivity contribution < 1.29 is 22.3 Å². The summed E-state index contributed by atoms with van der Waals surface area (Å²) >= 11 is 0. The molecule has 0 unspecified atom stereocenters. The third-order valence-electron chi connectivity index (χ3n) is 5.18. The fraction of sp³-hybridized carbons (Fsp3) is 0.348. The number of benzene rings is 2. The van der Waals surface area contributed by atoms with Gasteiger partial charge in [0.25, 0.3) is 0 Å². The summed E-state index contributed by atoms with van der Waals surface area (Å²) in [5.41, 5.74) is 1.70. The molecule has 2 heterocycles. The van der Waals surface area contributed by atoms with Gasteiger partial charge in [0.2, 0.25) is 5.95 Å². The normalized spacial score (nSPS) is 14.7. The Morgan fingerprint density at radius 3 is 2.76 bits per heavy atom. The Hall–Kier alpha value is -3.11. The highest BCUT2D eigenvalue weighted by Gasteiger charge is 2.17. The molecule has 0 saturated carbocycles. The minimum Gasteiger partial charge on any atom is -0.493 e. The minimum absolute atomic E-state index is 0.0674. The Bertz CT molecular complexity index is 1220. The van der Waals surface area contributed by atoms with Crippen molar-refractivity contribution in [3.8, 4) is 17.1 Å². The number of nitrogens with one attached hydrogen (secondary N) is 1. The van der Waals surface area contributed by atoms with Crippen LogP contribution in [-0.4, -0.2) is 49.4 Å². The summed E-state index contributed by atoms with van der Waals surface area (Å²) in [5.74, 6) is 0.896. The van der Waals surface area contributed by atoms with Gasteiger partial charge in [0.1, 0.15) is 17.9 Å². The number of rotatable bonds is 8. The summed E-state index contributed by atoms with van der Waals surface area (Å²) in [5, 5.41) is 3.05. The lowest BCUT2D eigenvalue weighted by Gasteiger charge is -2.22. The van der Waals surface area contributed by atoms with Gasteiger partial charge in [-0.05, 0) is 54.7 Å². The van der Waals surface area contributed by atoms with Crippen molar-refractivity contribution in [3.05, 3.63) is 60.2 Å². The van der Waals surface area contributed by atoms with Gasteiger partial charge in [0.15, 0.2) is 15.7 Å². The van der Waals surface area contributed by atoms with Crippen LogP contribution in [0.2, 0.25) is 0 Å². The maximum absolute atomic E-state index is 14.0. The molecule has 8 nitrogen and oxygen atoms in total. The highest BCUT2D eigenvalue weighted by atomic mass is 32.2. The Morgan fingerprint density at radius 1 is 1.15 bits per heavy atom. The molecule has 174 valence electrons. The number of hydrogen-bond acceptors (Lipinski definition) is 8. The van der Waals surface area contributed by atoms with Gasteiger partial charge < -0.3 is 14.8 Å². The summed E-state index contributed by atoms with van der Waals surface area (Å²) in [7, 11) is -3.16. The molecule has 1 fully saturated rings. The molecule has 0 amide bonds. The Balaban J connectivity index is 1.54. The van der Waals surface area contributed by atoms with Gasteiger partial charge in [-0.3, -0.25) is 0 Å². The zero-order valence-corrected chi connectivity index (χ0v) is 19.0. The van der Waals surface area contributed by atoms with E-state index in [4.69, 9.17) is 9.47 Å². The van der Waals surface area contributed by atoms with Crippen LogP contribution in [0.25, 0.3) is 11.4 Å². The molecule has 1 saturated heterocycles. The number of sulfone groups is 1. The zero-order valence-electron chi connectivity index (χ0n) is 18.2. The van der Waals surface area contributed by atoms with Gasteiger partial charge in [-0.2, -0.15) is 4.98 Å². The van der Waals surface area contributed by atoms with Crippen molar-refractivity contribution in [1.29, 1.82) is 0 Å². The van der Waals surface area contributed by atoms with Crippen molar-refractivity contribution in [2.24, 2.45) is 5.92 Å². The summed E-state index contributed by atoms with van der Waals surface area (Å²) in [6.45, 7) is 1.95. The summed E-state index contributed by atoms with van der Waals surface area (Å²) in [4.78, 5) is 12.8. The lowest BCUT2D eigenvalue weighted by molar-refractivity contribution is 0.0498. The molecule has 0 aliphatic carbocycles. The predicted octanol–water partition coefficient (Wildman–Crippen LogP) is 3.77. The quantitative estimate of drug-likeness (QED) is 0.528. The smallest absolute Gasteiger partial charge is 0.230 e. The monoisotopic (exact) mass is 472 g/mol. The van der Waals surface area contributed by atoms with Crippen LogP contribution in [0.3, 0.4) is 0 Å². The number of aromatic nitrogens is 3. The van der Waals surface area contributed by atoms with Gasteiger partial charge in [-0.15, -0.1) is 0 Å².